The predicted molar refractivity (Wildman–Crippen MR) is 73.4 cm³/mol. The zero-order valence-electron chi connectivity index (χ0n) is 9.73. The highest BCUT2D eigenvalue weighted by Crippen LogP contribution is 2.12. The van der Waals surface area contributed by atoms with Crippen LogP contribution in [0.3, 0.4) is 0 Å². The average Bonchev–Trinajstić information content (AvgIpc) is 2.38. The number of hydrogen-bond donors (Lipinski definition) is 1. The van der Waals surface area contributed by atoms with Crippen LogP contribution in [-0.2, 0) is 0 Å². The van der Waals surface area contributed by atoms with Crippen LogP contribution in [0.1, 0.15) is 19.8 Å². The molecule has 0 aliphatic heterocycles. The summed E-state index contributed by atoms with van der Waals surface area (Å²) in [4.78, 5) is 13.3. The number of nitrogens with zero attached hydrogens (tertiary/aromatic N) is 3. The first-order chi connectivity index (χ1) is 8.29. The molecule has 1 N–H and O–H groups in total. The van der Waals surface area contributed by atoms with Crippen molar-refractivity contribution in [2.45, 2.75) is 24.6 Å². The van der Waals surface area contributed by atoms with E-state index in [2.05, 4.69) is 43.1 Å². The molecule has 0 fully saturated rings. The van der Waals surface area contributed by atoms with E-state index in [0.29, 0.717) is 10.5 Å². The van der Waals surface area contributed by atoms with Crippen LogP contribution in [0.4, 0.5) is 5.82 Å². The van der Waals surface area contributed by atoms with Gasteiger partial charge in [0.2, 0.25) is 0 Å². The highest BCUT2D eigenvalue weighted by Gasteiger charge is 2.02. The first-order valence-corrected chi connectivity index (χ1v) is 6.67. The second-order valence-corrected chi connectivity index (χ2v) is 5.11. The molecule has 2 aromatic heterocycles. The van der Waals surface area contributed by atoms with Gasteiger partial charge in [-0.3, -0.25) is 4.98 Å². The molecule has 0 aliphatic rings. The molecule has 0 aromatic carbocycles. The van der Waals surface area contributed by atoms with Crippen LogP contribution in [0.2, 0.25) is 0 Å². The number of hydrogen-bond acceptors (Lipinski definition) is 4. The SMILES string of the molecule is CCC(Br)CCNc1ccc2nccnc2n1. The van der Waals surface area contributed by atoms with Crippen molar-refractivity contribution in [3.05, 3.63) is 24.5 Å². The third-order valence-electron chi connectivity index (χ3n) is 2.54. The number of halogens is 1. The highest BCUT2D eigenvalue weighted by atomic mass is 79.9. The number of aromatic nitrogens is 3. The summed E-state index contributed by atoms with van der Waals surface area (Å²) < 4.78 is 0. The molecule has 0 bridgehead atoms. The third-order valence-corrected chi connectivity index (χ3v) is 3.64. The zero-order chi connectivity index (χ0) is 12.1. The lowest BCUT2D eigenvalue weighted by molar-refractivity contribution is 0.773. The van der Waals surface area contributed by atoms with E-state index in [1.807, 2.05) is 12.1 Å². The maximum Gasteiger partial charge on any atom is 0.180 e. The molecule has 1 atom stereocenters. The topological polar surface area (TPSA) is 50.7 Å². The van der Waals surface area contributed by atoms with Gasteiger partial charge in [-0.1, -0.05) is 22.9 Å². The van der Waals surface area contributed by atoms with Crippen molar-refractivity contribution in [2.24, 2.45) is 0 Å². The molecule has 2 heterocycles. The number of alkyl halides is 1. The Morgan fingerprint density at radius 3 is 2.94 bits per heavy atom. The molecule has 1 unspecified atom stereocenters. The minimum atomic E-state index is 0.565. The Balaban J connectivity index is 1.99. The number of nitrogens with one attached hydrogen (secondary N) is 1. The maximum atomic E-state index is 4.40. The predicted octanol–water partition coefficient (Wildman–Crippen LogP) is 3.00. The molecule has 5 heteroatoms. The van der Waals surface area contributed by atoms with Crippen molar-refractivity contribution in [2.75, 3.05) is 11.9 Å². The van der Waals surface area contributed by atoms with E-state index in [0.717, 1.165) is 30.7 Å². The Morgan fingerprint density at radius 1 is 1.29 bits per heavy atom. The molecule has 0 spiro atoms. The molecule has 2 rings (SSSR count). The van der Waals surface area contributed by atoms with Gasteiger partial charge in [0.05, 0.1) is 0 Å². The van der Waals surface area contributed by atoms with E-state index in [1.54, 1.807) is 12.4 Å². The van der Waals surface area contributed by atoms with Gasteiger partial charge in [-0.25, -0.2) is 9.97 Å². The highest BCUT2D eigenvalue weighted by molar-refractivity contribution is 9.09. The van der Waals surface area contributed by atoms with Gasteiger partial charge < -0.3 is 5.32 Å². The minimum Gasteiger partial charge on any atom is -0.370 e. The van der Waals surface area contributed by atoms with Crippen LogP contribution in [0.15, 0.2) is 24.5 Å². The van der Waals surface area contributed by atoms with Crippen LogP contribution in [0, 0.1) is 0 Å². The molecular weight excluding hydrogens is 280 g/mol. The van der Waals surface area contributed by atoms with Crippen LogP contribution < -0.4 is 5.32 Å². The second-order valence-electron chi connectivity index (χ2n) is 3.82. The number of fused-ring (bicyclic) bond motifs is 1. The Kier molecular flexibility index (Phi) is 4.25. The fourth-order valence-corrected chi connectivity index (χ4v) is 1.74. The molecule has 0 aliphatic carbocycles. The fourth-order valence-electron chi connectivity index (χ4n) is 1.51. The molecule has 0 radical (unpaired) electrons. The van der Waals surface area contributed by atoms with Crippen molar-refractivity contribution < 1.29 is 0 Å². The molecule has 0 saturated heterocycles. The van der Waals surface area contributed by atoms with Gasteiger partial charge in [0.25, 0.3) is 0 Å². The monoisotopic (exact) mass is 294 g/mol. The van der Waals surface area contributed by atoms with Gasteiger partial charge >= 0.3 is 0 Å². The average molecular weight is 295 g/mol. The normalized spacial score (nSPS) is 12.6. The molecule has 2 aromatic rings. The van der Waals surface area contributed by atoms with Crippen LogP contribution >= 0.6 is 15.9 Å². The Hall–Kier alpha value is -1.23. The van der Waals surface area contributed by atoms with Gasteiger partial charge in [-0.05, 0) is 25.0 Å². The summed E-state index contributed by atoms with van der Waals surface area (Å²) in [5, 5.41) is 3.29. The number of rotatable bonds is 5. The fraction of sp³-hybridized carbons (Fsp3) is 0.417. The summed E-state index contributed by atoms with van der Waals surface area (Å²) in [5.41, 5.74) is 1.51. The van der Waals surface area contributed by atoms with Crippen molar-refractivity contribution in [3.8, 4) is 0 Å². The van der Waals surface area contributed by atoms with E-state index >= 15 is 0 Å². The van der Waals surface area contributed by atoms with Gasteiger partial charge in [-0.2, -0.15) is 0 Å². The first-order valence-electron chi connectivity index (χ1n) is 5.75. The van der Waals surface area contributed by atoms with Crippen molar-refractivity contribution in [1.82, 2.24) is 15.0 Å². The largest absolute Gasteiger partial charge is 0.370 e. The summed E-state index contributed by atoms with van der Waals surface area (Å²) in [6, 6.07) is 3.87. The smallest absolute Gasteiger partial charge is 0.180 e. The van der Waals surface area contributed by atoms with Crippen LogP contribution in [-0.4, -0.2) is 26.3 Å². The lowest BCUT2D eigenvalue weighted by atomic mass is 10.2. The molecule has 0 amide bonds. The molecule has 0 saturated carbocycles. The van der Waals surface area contributed by atoms with E-state index in [4.69, 9.17) is 0 Å². The summed E-state index contributed by atoms with van der Waals surface area (Å²) in [6.07, 6.45) is 5.55. The molecule has 4 nitrogen and oxygen atoms in total. The van der Waals surface area contributed by atoms with Crippen molar-refractivity contribution in [1.29, 1.82) is 0 Å². The quantitative estimate of drug-likeness (QED) is 0.862. The Labute approximate surface area is 109 Å². The van der Waals surface area contributed by atoms with Crippen molar-refractivity contribution in [3.63, 3.8) is 0 Å². The third kappa shape index (κ3) is 3.36. The van der Waals surface area contributed by atoms with Crippen LogP contribution in [0.25, 0.3) is 11.2 Å². The standard InChI is InChI=1S/C12H15BrN4/c1-2-9(13)5-6-15-11-4-3-10-12(17-11)16-8-7-14-10/h3-4,7-9H,2,5-6H2,1H3,(H,15,16,17). The lowest BCUT2D eigenvalue weighted by Crippen LogP contribution is -2.08. The van der Waals surface area contributed by atoms with Gasteiger partial charge in [0, 0.05) is 23.8 Å². The molecule has 90 valence electrons. The summed E-state index contributed by atoms with van der Waals surface area (Å²) in [6.45, 7) is 3.08. The second kappa shape index (κ2) is 5.91. The van der Waals surface area contributed by atoms with E-state index in [-0.39, 0.29) is 0 Å². The van der Waals surface area contributed by atoms with Gasteiger partial charge in [-0.15, -0.1) is 0 Å². The summed E-state index contributed by atoms with van der Waals surface area (Å²) in [7, 11) is 0. The molecular formula is C12H15BrN4. The molecule has 17 heavy (non-hydrogen) atoms. The Bertz CT molecular complexity index is 489. The minimum absolute atomic E-state index is 0.565. The Morgan fingerprint density at radius 2 is 2.12 bits per heavy atom. The number of anilines is 1. The van der Waals surface area contributed by atoms with E-state index in [9.17, 15) is 0 Å². The van der Waals surface area contributed by atoms with E-state index in [1.165, 1.54) is 0 Å². The van der Waals surface area contributed by atoms with E-state index < -0.39 is 0 Å². The van der Waals surface area contributed by atoms with Crippen LogP contribution in [0.5, 0.6) is 0 Å². The zero-order valence-corrected chi connectivity index (χ0v) is 11.3. The maximum absolute atomic E-state index is 4.40. The number of pyridine rings is 1. The summed E-state index contributed by atoms with van der Waals surface area (Å²) in [5.74, 6) is 0.855. The lowest BCUT2D eigenvalue weighted by Gasteiger charge is -2.08. The summed E-state index contributed by atoms with van der Waals surface area (Å²) >= 11 is 3.61. The van der Waals surface area contributed by atoms with Gasteiger partial charge in [0.1, 0.15) is 11.3 Å². The first kappa shape index (κ1) is 12.2. The van der Waals surface area contributed by atoms with Crippen molar-refractivity contribution >= 4 is 32.9 Å². The van der Waals surface area contributed by atoms with Gasteiger partial charge in [0.15, 0.2) is 5.65 Å².